The minimum Gasteiger partial charge on any atom is -0.369 e. The molecule has 1 saturated heterocycles. The number of piperazine rings is 1. The maximum absolute atomic E-state index is 14.1. The van der Waals surface area contributed by atoms with Crippen LogP contribution < -0.4 is 4.90 Å². The Morgan fingerprint density at radius 3 is 2.42 bits per heavy atom. The monoisotopic (exact) mass is 589 g/mol. The Morgan fingerprint density at radius 1 is 0.907 bits per heavy atom. The second-order valence-corrected chi connectivity index (χ2v) is 11.0. The molecule has 5 aromatic rings. The van der Waals surface area contributed by atoms with Gasteiger partial charge in [0.25, 0.3) is 0 Å². The van der Waals surface area contributed by atoms with Crippen LogP contribution in [-0.4, -0.2) is 78.3 Å². The molecule has 10 nitrogen and oxygen atoms in total. The van der Waals surface area contributed by atoms with E-state index < -0.39 is 17.5 Å². The molecule has 5 heterocycles. The van der Waals surface area contributed by atoms with Crippen molar-refractivity contribution in [2.75, 3.05) is 38.1 Å². The highest BCUT2D eigenvalue weighted by atomic mass is 19.4. The number of likely N-dealkylation sites (N-methyl/N-ethyl adjacent to an activating group) is 1. The molecule has 0 amide bonds. The van der Waals surface area contributed by atoms with E-state index in [0.29, 0.717) is 47.1 Å². The number of carbonyl (C=O) groups is 1. The highest BCUT2D eigenvalue weighted by molar-refractivity contribution is 5.99. The smallest absolute Gasteiger partial charge is 0.369 e. The first-order chi connectivity index (χ1) is 20.5. The van der Waals surface area contributed by atoms with Gasteiger partial charge < -0.3 is 9.80 Å². The van der Waals surface area contributed by atoms with E-state index in [1.165, 1.54) is 6.92 Å². The number of Topliss-reactive ketones (excluding diaryl/α,β-unsaturated/α-hetero) is 1. The van der Waals surface area contributed by atoms with Crippen LogP contribution in [0, 0.1) is 20.8 Å². The molecule has 0 atom stereocenters. The maximum atomic E-state index is 14.1. The Hall–Kier alpha value is -4.65. The quantitative estimate of drug-likeness (QED) is 0.267. The van der Waals surface area contributed by atoms with E-state index in [1.54, 1.807) is 41.6 Å². The van der Waals surface area contributed by atoms with Gasteiger partial charge in [-0.2, -0.15) is 13.2 Å². The van der Waals surface area contributed by atoms with E-state index in [9.17, 15) is 18.0 Å². The van der Waals surface area contributed by atoms with Crippen molar-refractivity contribution < 1.29 is 18.0 Å². The molecule has 0 radical (unpaired) electrons. The lowest BCUT2D eigenvalue weighted by atomic mass is 9.96. The van der Waals surface area contributed by atoms with Crippen LogP contribution in [0.4, 0.5) is 18.9 Å². The topological polar surface area (TPSA) is 97.3 Å². The number of rotatable bonds is 6. The summed E-state index contributed by atoms with van der Waals surface area (Å²) in [7, 11) is 1.98. The zero-order valence-corrected chi connectivity index (χ0v) is 24.2. The van der Waals surface area contributed by atoms with Crippen molar-refractivity contribution in [3.63, 3.8) is 0 Å². The van der Waals surface area contributed by atoms with E-state index in [-0.39, 0.29) is 17.5 Å². The number of imidazole rings is 1. The Bertz CT molecular complexity index is 1830. The Morgan fingerprint density at radius 2 is 1.67 bits per heavy atom. The highest BCUT2D eigenvalue weighted by Gasteiger charge is 2.35. The summed E-state index contributed by atoms with van der Waals surface area (Å²) in [4.78, 5) is 30.6. The molecule has 1 fully saturated rings. The SMILES string of the molecule is Cc1cn2c(-c3cn(-c4cc(CC(=O)c5cc(N6CCN(C)CC6)c(C)c(C(F)(F)F)c5)cnc4C)nn3)cnc2cn1. The maximum Gasteiger partial charge on any atom is 0.416 e. The number of ketones is 1. The molecule has 0 N–H and O–H groups in total. The van der Waals surface area contributed by atoms with E-state index in [1.807, 2.05) is 36.4 Å². The summed E-state index contributed by atoms with van der Waals surface area (Å²) >= 11 is 0. The zero-order valence-electron chi connectivity index (χ0n) is 24.2. The van der Waals surface area contributed by atoms with Crippen LogP contribution >= 0.6 is 0 Å². The number of aryl methyl sites for hydroxylation is 2. The van der Waals surface area contributed by atoms with Crippen molar-refractivity contribution in [2.45, 2.75) is 33.4 Å². The van der Waals surface area contributed by atoms with Crippen molar-refractivity contribution in [3.8, 4) is 17.1 Å². The van der Waals surface area contributed by atoms with Gasteiger partial charge >= 0.3 is 6.18 Å². The average Bonchev–Trinajstić information content (AvgIpc) is 3.61. The molecule has 13 heteroatoms. The highest BCUT2D eigenvalue weighted by Crippen LogP contribution is 2.37. The largest absolute Gasteiger partial charge is 0.416 e. The van der Waals surface area contributed by atoms with Gasteiger partial charge in [-0.25, -0.2) is 9.67 Å². The molecule has 222 valence electrons. The molecule has 0 unspecified atom stereocenters. The van der Waals surface area contributed by atoms with Crippen molar-refractivity contribution in [3.05, 3.63) is 82.8 Å². The molecule has 43 heavy (non-hydrogen) atoms. The summed E-state index contributed by atoms with van der Waals surface area (Å²) in [6.07, 6.45) is 3.84. The summed E-state index contributed by atoms with van der Waals surface area (Å²) in [5.74, 6) is -0.425. The fourth-order valence-corrected chi connectivity index (χ4v) is 5.38. The number of nitrogens with zero attached hydrogens (tertiary/aromatic N) is 9. The van der Waals surface area contributed by atoms with Gasteiger partial charge in [0.1, 0.15) is 5.69 Å². The lowest BCUT2D eigenvalue weighted by Crippen LogP contribution is -2.45. The summed E-state index contributed by atoms with van der Waals surface area (Å²) in [6, 6.07) is 4.33. The lowest BCUT2D eigenvalue weighted by molar-refractivity contribution is -0.138. The number of anilines is 1. The second-order valence-electron chi connectivity index (χ2n) is 11.0. The molecule has 6 rings (SSSR count). The molecular formula is C30H30F3N9O. The normalized spacial score (nSPS) is 14.5. The first-order valence-electron chi connectivity index (χ1n) is 13.8. The van der Waals surface area contributed by atoms with E-state index in [2.05, 4.69) is 30.2 Å². The van der Waals surface area contributed by atoms with E-state index in [4.69, 9.17) is 0 Å². The van der Waals surface area contributed by atoms with Gasteiger partial charge in [0, 0.05) is 56.2 Å². The van der Waals surface area contributed by atoms with Crippen LogP contribution in [0.2, 0.25) is 0 Å². The summed E-state index contributed by atoms with van der Waals surface area (Å²) in [6.45, 7) is 7.80. The summed E-state index contributed by atoms with van der Waals surface area (Å²) in [5.41, 5.74) is 4.43. The number of halogens is 3. The van der Waals surface area contributed by atoms with Crippen LogP contribution in [-0.2, 0) is 12.6 Å². The minimum absolute atomic E-state index is 0.0226. The zero-order chi connectivity index (χ0) is 30.5. The molecule has 1 aromatic carbocycles. The first kappa shape index (κ1) is 28.5. The predicted molar refractivity (Wildman–Crippen MR) is 155 cm³/mol. The van der Waals surface area contributed by atoms with Gasteiger partial charge in [0.15, 0.2) is 11.4 Å². The molecule has 4 aromatic heterocycles. The van der Waals surface area contributed by atoms with Crippen LogP contribution in [0.15, 0.2) is 49.2 Å². The molecule has 0 saturated carbocycles. The number of hydrogen-bond donors (Lipinski definition) is 0. The Labute approximate surface area is 245 Å². The van der Waals surface area contributed by atoms with Gasteiger partial charge in [0.2, 0.25) is 0 Å². The molecule has 1 aliphatic rings. The number of alkyl halides is 3. The van der Waals surface area contributed by atoms with Gasteiger partial charge in [-0.3, -0.25) is 19.2 Å². The predicted octanol–water partition coefficient (Wildman–Crippen LogP) is 4.49. The van der Waals surface area contributed by atoms with Crippen molar-refractivity contribution in [1.82, 2.24) is 39.2 Å². The third-order valence-electron chi connectivity index (χ3n) is 7.86. The Kier molecular flexibility index (Phi) is 7.20. The van der Waals surface area contributed by atoms with Gasteiger partial charge in [-0.1, -0.05) is 5.21 Å². The first-order valence-corrected chi connectivity index (χ1v) is 13.8. The summed E-state index contributed by atoms with van der Waals surface area (Å²) < 4.78 is 45.6. The van der Waals surface area contributed by atoms with Gasteiger partial charge in [0.05, 0.1) is 46.9 Å². The number of aromatic nitrogens is 7. The molecular weight excluding hydrogens is 559 g/mol. The number of pyridine rings is 1. The molecule has 0 bridgehead atoms. The molecule has 0 spiro atoms. The fraction of sp³-hybridized carbons (Fsp3) is 0.333. The Balaban J connectivity index is 1.30. The number of hydrogen-bond acceptors (Lipinski definition) is 8. The van der Waals surface area contributed by atoms with Crippen LogP contribution in [0.3, 0.4) is 0 Å². The van der Waals surface area contributed by atoms with E-state index in [0.717, 1.165) is 30.5 Å². The number of carbonyl (C=O) groups excluding carboxylic acids is 1. The standard InChI is InChI=1S/C30H30F3N9O/c1-18-16-41-27(14-36-29(41)15-34-18)24-17-42(38-37-24)26-9-21(13-35-20(26)3)10-28(43)22-11-23(30(31,32)33)19(2)25(12-22)40-7-5-39(4)6-8-40/h9,11-17H,5-8,10H2,1-4H3. The molecule has 0 aliphatic carbocycles. The van der Waals surface area contributed by atoms with Gasteiger partial charge in [-0.15, -0.1) is 5.10 Å². The van der Waals surface area contributed by atoms with Crippen LogP contribution in [0.5, 0.6) is 0 Å². The second kappa shape index (κ2) is 10.9. The third-order valence-corrected chi connectivity index (χ3v) is 7.86. The van der Waals surface area contributed by atoms with Crippen molar-refractivity contribution in [2.24, 2.45) is 0 Å². The van der Waals surface area contributed by atoms with Gasteiger partial charge in [-0.05, 0) is 57.1 Å². The van der Waals surface area contributed by atoms with Crippen LogP contribution in [0.1, 0.15) is 38.4 Å². The lowest BCUT2D eigenvalue weighted by Gasteiger charge is -2.35. The fourth-order valence-electron chi connectivity index (χ4n) is 5.38. The van der Waals surface area contributed by atoms with Crippen LogP contribution in [0.25, 0.3) is 22.7 Å². The minimum atomic E-state index is -4.58. The van der Waals surface area contributed by atoms with E-state index >= 15 is 0 Å². The van der Waals surface area contributed by atoms with Crippen molar-refractivity contribution in [1.29, 1.82) is 0 Å². The third kappa shape index (κ3) is 5.59. The average molecular weight is 590 g/mol. The number of benzene rings is 1. The summed E-state index contributed by atoms with van der Waals surface area (Å²) in [5, 5.41) is 8.60. The molecule has 1 aliphatic heterocycles. The van der Waals surface area contributed by atoms with Crippen molar-refractivity contribution >= 4 is 17.1 Å². The number of fused-ring (bicyclic) bond motifs is 1.